The second-order valence-corrected chi connectivity index (χ2v) is 7.13. The normalized spacial score (nSPS) is 11.2. The van der Waals surface area contributed by atoms with E-state index >= 15 is 0 Å². The maximum Gasteiger partial charge on any atom is 0.319 e. The maximum absolute atomic E-state index is 11.8. The number of urea groups is 1. The average molecular weight is 412 g/mol. The third kappa shape index (κ3) is 8.03. The van der Waals surface area contributed by atoms with Gasteiger partial charge >= 0.3 is 6.03 Å². The molecule has 0 saturated carbocycles. The first-order chi connectivity index (χ1) is 14.5. The monoisotopic (exact) mass is 411 g/mol. The van der Waals surface area contributed by atoms with Crippen molar-refractivity contribution in [1.82, 2.24) is 16.0 Å². The molecule has 0 aliphatic carbocycles. The van der Waals surface area contributed by atoms with Crippen LogP contribution in [0, 0.1) is 0 Å². The first-order valence-corrected chi connectivity index (χ1v) is 10.3. The summed E-state index contributed by atoms with van der Waals surface area (Å²) in [4.78, 5) is 16.4. The van der Waals surface area contributed by atoms with E-state index in [0.29, 0.717) is 6.54 Å². The molecule has 0 heterocycles. The summed E-state index contributed by atoms with van der Waals surface area (Å²) in [6, 6.07) is 15.6. The molecule has 0 aromatic heterocycles. The van der Waals surface area contributed by atoms with E-state index in [2.05, 4.69) is 32.3 Å². The van der Waals surface area contributed by atoms with E-state index in [1.807, 2.05) is 63.2 Å². The van der Waals surface area contributed by atoms with Gasteiger partial charge < -0.3 is 26.0 Å². The van der Waals surface area contributed by atoms with Crippen molar-refractivity contribution in [2.75, 3.05) is 25.5 Å². The van der Waals surface area contributed by atoms with Crippen LogP contribution in [-0.4, -0.2) is 38.2 Å². The molecule has 162 valence electrons. The number of carbonyl (C=O) groups is 1. The van der Waals surface area contributed by atoms with Gasteiger partial charge in [-0.25, -0.2) is 9.79 Å². The van der Waals surface area contributed by atoms with Gasteiger partial charge in [0.25, 0.3) is 0 Å². The summed E-state index contributed by atoms with van der Waals surface area (Å²) in [6.07, 6.45) is 0.841. The molecule has 2 rings (SSSR count). The number of carbonyl (C=O) groups excluding carboxylic acids is 1. The van der Waals surface area contributed by atoms with E-state index in [0.717, 1.165) is 48.0 Å². The second-order valence-electron chi connectivity index (χ2n) is 7.13. The van der Waals surface area contributed by atoms with E-state index in [-0.39, 0.29) is 12.1 Å². The fraction of sp³-hybridized carbons (Fsp3) is 0.391. The van der Waals surface area contributed by atoms with E-state index in [1.165, 1.54) is 0 Å². The van der Waals surface area contributed by atoms with Crippen molar-refractivity contribution in [3.63, 3.8) is 0 Å². The van der Waals surface area contributed by atoms with Crippen molar-refractivity contribution in [3.8, 4) is 5.75 Å². The molecule has 0 aliphatic rings. The van der Waals surface area contributed by atoms with Crippen molar-refractivity contribution in [2.45, 2.75) is 39.8 Å². The van der Waals surface area contributed by atoms with Crippen molar-refractivity contribution in [3.05, 3.63) is 59.7 Å². The lowest BCUT2D eigenvalue weighted by molar-refractivity contribution is 0.250. The molecule has 0 unspecified atom stereocenters. The standard InChI is InChI=1S/C23H33N5O2/c1-5-24-22(25-15-14-19-8-6-7-9-21(19)30-4)26-16-18-10-12-20(13-11-18)28-23(29)27-17(2)3/h6-13,17H,5,14-16H2,1-4H3,(H2,24,25,26)(H2,27,28,29). The van der Waals surface area contributed by atoms with Crippen LogP contribution in [0.25, 0.3) is 0 Å². The molecule has 0 atom stereocenters. The molecule has 2 aromatic carbocycles. The number of nitrogens with zero attached hydrogens (tertiary/aromatic N) is 1. The SMILES string of the molecule is CCNC(=NCc1ccc(NC(=O)NC(C)C)cc1)NCCc1ccccc1OC. The zero-order valence-corrected chi connectivity index (χ0v) is 18.3. The maximum atomic E-state index is 11.8. The largest absolute Gasteiger partial charge is 0.496 e. The topological polar surface area (TPSA) is 86.8 Å². The van der Waals surface area contributed by atoms with Gasteiger partial charge in [-0.15, -0.1) is 0 Å². The van der Waals surface area contributed by atoms with Crippen molar-refractivity contribution < 1.29 is 9.53 Å². The zero-order valence-electron chi connectivity index (χ0n) is 18.3. The first kappa shape index (κ1) is 23.1. The zero-order chi connectivity index (χ0) is 21.8. The lowest BCUT2D eigenvalue weighted by atomic mass is 10.1. The van der Waals surface area contributed by atoms with Gasteiger partial charge in [0.05, 0.1) is 13.7 Å². The molecule has 30 heavy (non-hydrogen) atoms. The van der Waals surface area contributed by atoms with Crippen molar-refractivity contribution in [2.24, 2.45) is 4.99 Å². The number of hydrogen-bond acceptors (Lipinski definition) is 3. The molecular weight excluding hydrogens is 378 g/mol. The molecule has 0 fully saturated rings. The van der Waals surface area contributed by atoms with E-state index < -0.39 is 0 Å². The van der Waals surface area contributed by atoms with E-state index in [9.17, 15) is 4.79 Å². The first-order valence-electron chi connectivity index (χ1n) is 10.3. The predicted octanol–water partition coefficient (Wildman–Crippen LogP) is 3.52. The number of guanidine groups is 1. The number of ether oxygens (including phenoxy) is 1. The Morgan fingerprint density at radius 3 is 2.47 bits per heavy atom. The fourth-order valence-electron chi connectivity index (χ4n) is 2.86. The van der Waals surface area contributed by atoms with Crippen LogP contribution in [0.1, 0.15) is 31.9 Å². The number of anilines is 1. The van der Waals surface area contributed by atoms with Gasteiger partial charge in [0.15, 0.2) is 5.96 Å². The smallest absolute Gasteiger partial charge is 0.319 e. The van der Waals surface area contributed by atoms with Gasteiger partial charge in [-0.1, -0.05) is 30.3 Å². The van der Waals surface area contributed by atoms with Gasteiger partial charge in [-0.2, -0.15) is 0 Å². The molecule has 0 bridgehead atoms. The Morgan fingerprint density at radius 2 is 1.80 bits per heavy atom. The summed E-state index contributed by atoms with van der Waals surface area (Å²) in [7, 11) is 1.69. The summed E-state index contributed by atoms with van der Waals surface area (Å²) in [6.45, 7) is 7.97. The van der Waals surface area contributed by atoms with Crippen LogP contribution in [-0.2, 0) is 13.0 Å². The Hall–Kier alpha value is -3.22. The molecule has 7 nitrogen and oxygen atoms in total. The highest BCUT2D eigenvalue weighted by molar-refractivity contribution is 5.89. The number of methoxy groups -OCH3 is 1. The Morgan fingerprint density at radius 1 is 1.07 bits per heavy atom. The Kier molecular flexibility index (Phi) is 9.51. The number of aliphatic imine (C=N–C) groups is 1. The highest BCUT2D eigenvalue weighted by atomic mass is 16.5. The summed E-state index contributed by atoms with van der Waals surface area (Å²) in [5, 5.41) is 12.2. The van der Waals surface area contributed by atoms with Crippen LogP contribution >= 0.6 is 0 Å². The van der Waals surface area contributed by atoms with Crippen LogP contribution in [0.3, 0.4) is 0 Å². The Bertz CT molecular complexity index is 819. The van der Waals surface area contributed by atoms with Gasteiger partial charge in [0, 0.05) is 24.8 Å². The number of hydrogen-bond donors (Lipinski definition) is 4. The minimum atomic E-state index is -0.204. The summed E-state index contributed by atoms with van der Waals surface area (Å²) >= 11 is 0. The van der Waals surface area contributed by atoms with Gasteiger partial charge in [0.1, 0.15) is 5.75 Å². The molecule has 7 heteroatoms. The van der Waals surface area contributed by atoms with Crippen LogP contribution < -0.4 is 26.0 Å². The minimum absolute atomic E-state index is 0.0959. The second kappa shape index (κ2) is 12.4. The van der Waals surface area contributed by atoms with E-state index in [1.54, 1.807) is 7.11 Å². The molecule has 0 aliphatic heterocycles. The lowest BCUT2D eigenvalue weighted by Gasteiger charge is -2.13. The van der Waals surface area contributed by atoms with Crippen LogP contribution in [0.4, 0.5) is 10.5 Å². The van der Waals surface area contributed by atoms with Crippen LogP contribution in [0.15, 0.2) is 53.5 Å². The average Bonchev–Trinajstić information content (AvgIpc) is 2.72. The van der Waals surface area contributed by atoms with E-state index in [4.69, 9.17) is 4.74 Å². The Labute approximate surface area is 179 Å². The van der Waals surface area contributed by atoms with Gasteiger partial charge in [0.2, 0.25) is 0 Å². The molecule has 4 N–H and O–H groups in total. The Balaban J connectivity index is 1.88. The van der Waals surface area contributed by atoms with Crippen molar-refractivity contribution >= 4 is 17.7 Å². The molecule has 0 saturated heterocycles. The number of rotatable bonds is 9. The number of para-hydroxylation sites is 1. The summed E-state index contributed by atoms with van der Waals surface area (Å²) in [5.74, 6) is 1.67. The minimum Gasteiger partial charge on any atom is -0.496 e. The predicted molar refractivity (Wildman–Crippen MR) is 123 cm³/mol. The fourth-order valence-corrected chi connectivity index (χ4v) is 2.86. The number of benzene rings is 2. The van der Waals surface area contributed by atoms with Crippen LogP contribution in [0.5, 0.6) is 5.75 Å². The molecular formula is C23H33N5O2. The molecule has 2 amide bonds. The van der Waals surface area contributed by atoms with Gasteiger partial charge in [-0.3, -0.25) is 0 Å². The highest BCUT2D eigenvalue weighted by Gasteiger charge is 2.04. The third-order valence-corrected chi connectivity index (χ3v) is 4.27. The lowest BCUT2D eigenvalue weighted by Crippen LogP contribution is -2.38. The molecule has 0 radical (unpaired) electrons. The third-order valence-electron chi connectivity index (χ3n) is 4.27. The summed E-state index contributed by atoms with van der Waals surface area (Å²) < 4.78 is 5.40. The van der Waals surface area contributed by atoms with Crippen LogP contribution in [0.2, 0.25) is 0 Å². The number of nitrogens with one attached hydrogen (secondary N) is 4. The van der Waals surface area contributed by atoms with Gasteiger partial charge in [-0.05, 0) is 56.5 Å². The quantitative estimate of drug-likeness (QED) is 0.376. The highest BCUT2D eigenvalue weighted by Crippen LogP contribution is 2.17. The molecule has 2 aromatic rings. The summed E-state index contributed by atoms with van der Waals surface area (Å²) in [5.41, 5.74) is 2.97. The molecule has 0 spiro atoms. The van der Waals surface area contributed by atoms with Crippen molar-refractivity contribution in [1.29, 1.82) is 0 Å². The number of amides is 2.